The number of nitrogens with zero attached hydrogens (tertiary/aromatic N) is 2. The smallest absolute Gasteiger partial charge is 0.263 e. The highest BCUT2D eigenvalue weighted by Crippen LogP contribution is 2.35. The van der Waals surface area contributed by atoms with Gasteiger partial charge in [0.2, 0.25) is 0 Å². The second kappa shape index (κ2) is 5.63. The van der Waals surface area contributed by atoms with Gasteiger partial charge in [-0.1, -0.05) is 35.4 Å². The summed E-state index contributed by atoms with van der Waals surface area (Å²) in [4.78, 5) is 16.6. The molecule has 0 saturated carbocycles. The summed E-state index contributed by atoms with van der Waals surface area (Å²) in [5, 5.41) is 0.918. The molecular formula is C13H12Cl2N2O2. The lowest BCUT2D eigenvalue weighted by atomic mass is 10.2. The monoisotopic (exact) mass is 298 g/mol. The quantitative estimate of drug-likeness (QED) is 0.817. The van der Waals surface area contributed by atoms with Gasteiger partial charge in [-0.3, -0.25) is 9.36 Å². The van der Waals surface area contributed by atoms with Crippen LogP contribution in [-0.4, -0.2) is 16.7 Å². The van der Waals surface area contributed by atoms with Crippen molar-refractivity contribution in [1.82, 2.24) is 9.55 Å². The van der Waals surface area contributed by atoms with E-state index in [0.717, 1.165) is 0 Å². The molecule has 0 amide bonds. The first-order valence-electron chi connectivity index (χ1n) is 5.62. The molecule has 4 nitrogen and oxygen atoms in total. The first-order valence-corrected chi connectivity index (χ1v) is 6.38. The number of hydrogen-bond donors (Lipinski definition) is 0. The molecule has 1 aromatic heterocycles. The number of ether oxygens (including phenoxy) is 1. The van der Waals surface area contributed by atoms with Crippen molar-refractivity contribution >= 4 is 34.1 Å². The third-order valence-corrected chi connectivity index (χ3v) is 3.28. The third kappa shape index (κ3) is 2.46. The molecule has 0 saturated heterocycles. The topological polar surface area (TPSA) is 44.1 Å². The van der Waals surface area contributed by atoms with Gasteiger partial charge in [-0.2, -0.15) is 0 Å². The van der Waals surface area contributed by atoms with Crippen LogP contribution in [0.2, 0.25) is 10.0 Å². The van der Waals surface area contributed by atoms with Gasteiger partial charge in [-0.25, -0.2) is 4.98 Å². The SMILES string of the molecule is C/C=C/Cn1cnc2c(OC)c(Cl)cc(Cl)c2c1=O. The van der Waals surface area contributed by atoms with E-state index >= 15 is 0 Å². The van der Waals surface area contributed by atoms with Crippen molar-refractivity contribution in [1.29, 1.82) is 0 Å². The largest absolute Gasteiger partial charge is 0.493 e. The van der Waals surface area contributed by atoms with Gasteiger partial charge in [-0.15, -0.1) is 0 Å². The molecular weight excluding hydrogens is 287 g/mol. The van der Waals surface area contributed by atoms with Crippen LogP contribution in [0.25, 0.3) is 10.9 Å². The molecule has 0 aliphatic carbocycles. The van der Waals surface area contributed by atoms with Crippen molar-refractivity contribution in [2.45, 2.75) is 13.5 Å². The number of fused-ring (bicyclic) bond motifs is 1. The molecule has 2 aromatic rings. The van der Waals surface area contributed by atoms with E-state index in [0.29, 0.717) is 28.2 Å². The van der Waals surface area contributed by atoms with Crippen molar-refractivity contribution < 1.29 is 4.74 Å². The normalized spacial score (nSPS) is 11.4. The van der Waals surface area contributed by atoms with Crippen molar-refractivity contribution in [3.8, 4) is 5.75 Å². The Hall–Kier alpha value is -1.52. The van der Waals surface area contributed by atoms with Crippen LogP contribution in [0.15, 0.2) is 29.3 Å². The van der Waals surface area contributed by atoms with Crippen molar-refractivity contribution in [3.05, 3.63) is 44.9 Å². The fourth-order valence-corrected chi connectivity index (χ4v) is 2.39. The van der Waals surface area contributed by atoms with E-state index < -0.39 is 0 Å². The molecule has 0 aliphatic rings. The average Bonchev–Trinajstić information content (AvgIpc) is 2.37. The van der Waals surface area contributed by atoms with Gasteiger partial charge in [0.15, 0.2) is 5.75 Å². The van der Waals surface area contributed by atoms with Crippen LogP contribution in [0.1, 0.15) is 6.92 Å². The minimum Gasteiger partial charge on any atom is -0.493 e. The van der Waals surface area contributed by atoms with Gasteiger partial charge in [0, 0.05) is 6.54 Å². The number of aromatic nitrogens is 2. The van der Waals surface area contributed by atoms with E-state index in [2.05, 4.69) is 4.98 Å². The Morgan fingerprint density at radius 3 is 2.79 bits per heavy atom. The zero-order chi connectivity index (χ0) is 14.0. The Morgan fingerprint density at radius 2 is 2.16 bits per heavy atom. The van der Waals surface area contributed by atoms with Crippen molar-refractivity contribution in [2.75, 3.05) is 7.11 Å². The maximum absolute atomic E-state index is 12.3. The molecule has 0 aliphatic heterocycles. The van der Waals surface area contributed by atoms with Gasteiger partial charge in [0.25, 0.3) is 5.56 Å². The average molecular weight is 299 g/mol. The molecule has 0 fully saturated rings. The molecule has 6 heteroatoms. The zero-order valence-electron chi connectivity index (χ0n) is 10.5. The van der Waals surface area contributed by atoms with Gasteiger partial charge < -0.3 is 4.74 Å². The van der Waals surface area contributed by atoms with E-state index in [9.17, 15) is 4.79 Å². The lowest BCUT2D eigenvalue weighted by Crippen LogP contribution is -2.20. The fraction of sp³-hybridized carbons (Fsp3) is 0.231. The number of allylic oxidation sites excluding steroid dienone is 2. The Kier molecular flexibility index (Phi) is 4.12. The van der Waals surface area contributed by atoms with Gasteiger partial charge in [-0.05, 0) is 13.0 Å². The molecule has 0 N–H and O–H groups in total. The highest BCUT2D eigenvalue weighted by Gasteiger charge is 2.15. The Balaban J connectivity index is 2.80. The van der Waals surface area contributed by atoms with E-state index in [1.165, 1.54) is 24.1 Å². The molecule has 2 rings (SSSR count). The number of halogens is 2. The first-order chi connectivity index (χ1) is 9.10. The van der Waals surface area contributed by atoms with Crippen LogP contribution in [0.5, 0.6) is 5.75 Å². The summed E-state index contributed by atoms with van der Waals surface area (Å²) in [5.41, 5.74) is 0.157. The minimum atomic E-state index is -0.219. The molecule has 0 atom stereocenters. The van der Waals surface area contributed by atoms with Crippen molar-refractivity contribution in [2.24, 2.45) is 0 Å². The van der Waals surface area contributed by atoms with Gasteiger partial charge in [0.05, 0.1) is 28.9 Å². The number of benzene rings is 1. The summed E-state index contributed by atoms with van der Waals surface area (Å²) in [6, 6.07) is 1.49. The summed E-state index contributed by atoms with van der Waals surface area (Å²) in [7, 11) is 1.47. The maximum atomic E-state index is 12.3. The summed E-state index contributed by atoms with van der Waals surface area (Å²) >= 11 is 12.1. The van der Waals surface area contributed by atoms with Gasteiger partial charge in [0.1, 0.15) is 5.52 Å². The summed E-state index contributed by atoms with van der Waals surface area (Å²) in [6.07, 6.45) is 5.18. The summed E-state index contributed by atoms with van der Waals surface area (Å²) in [6.45, 7) is 2.33. The predicted molar refractivity (Wildman–Crippen MR) is 77.4 cm³/mol. The third-order valence-electron chi connectivity index (χ3n) is 2.70. The maximum Gasteiger partial charge on any atom is 0.263 e. The van der Waals surface area contributed by atoms with E-state index in [-0.39, 0.29) is 10.6 Å². The molecule has 0 radical (unpaired) electrons. The number of rotatable bonds is 3. The lowest BCUT2D eigenvalue weighted by molar-refractivity contribution is 0.419. The van der Waals surface area contributed by atoms with Crippen molar-refractivity contribution in [3.63, 3.8) is 0 Å². The molecule has 19 heavy (non-hydrogen) atoms. The first kappa shape index (κ1) is 13.9. The number of methoxy groups -OCH3 is 1. The molecule has 1 heterocycles. The van der Waals surface area contributed by atoms with Gasteiger partial charge >= 0.3 is 0 Å². The van der Waals surface area contributed by atoms with Crippen LogP contribution in [0.3, 0.4) is 0 Å². The molecule has 0 bridgehead atoms. The van der Waals surface area contributed by atoms with Crippen LogP contribution < -0.4 is 10.3 Å². The van der Waals surface area contributed by atoms with E-state index in [4.69, 9.17) is 27.9 Å². The standard InChI is InChI=1S/C13H12Cl2N2O2/c1-3-4-5-17-7-16-11-10(13(17)18)8(14)6-9(15)12(11)19-2/h3-4,6-7H,5H2,1-2H3/b4-3+. The molecule has 0 unspecified atom stereocenters. The Bertz CT molecular complexity index is 708. The Morgan fingerprint density at radius 1 is 1.42 bits per heavy atom. The predicted octanol–water partition coefficient (Wildman–Crippen LogP) is 3.29. The summed E-state index contributed by atoms with van der Waals surface area (Å²) < 4.78 is 6.65. The molecule has 0 spiro atoms. The van der Waals surface area contributed by atoms with E-state index in [1.807, 2.05) is 19.1 Å². The number of hydrogen-bond acceptors (Lipinski definition) is 3. The van der Waals surface area contributed by atoms with Crippen LogP contribution in [-0.2, 0) is 6.54 Å². The lowest BCUT2D eigenvalue weighted by Gasteiger charge is -2.10. The van der Waals surface area contributed by atoms with Crippen LogP contribution in [0.4, 0.5) is 0 Å². The zero-order valence-corrected chi connectivity index (χ0v) is 12.0. The van der Waals surface area contributed by atoms with Crippen LogP contribution >= 0.6 is 23.2 Å². The summed E-state index contributed by atoms with van der Waals surface area (Å²) in [5.74, 6) is 0.358. The highest BCUT2D eigenvalue weighted by atomic mass is 35.5. The molecule has 100 valence electrons. The highest BCUT2D eigenvalue weighted by molar-refractivity contribution is 6.39. The second-order valence-electron chi connectivity index (χ2n) is 3.87. The second-order valence-corrected chi connectivity index (χ2v) is 4.68. The minimum absolute atomic E-state index is 0.219. The van der Waals surface area contributed by atoms with Crippen LogP contribution in [0, 0.1) is 0 Å². The fourth-order valence-electron chi connectivity index (χ4n) is 1.78. The van der Waals surface area contributed by atoms with E-state index in [1.54, 1.807) is 0 Å². The Labute approximate surface area is 120 Å². The molecule has 1 aromatic carbocycles.